The molecule has 8 heteroatoms. The maximum Gasteiger partial charge on any atom is 0.241 e. The Kier molecular flexibility index (Phi) is 4.55. The van der Waals surface area contributed by atoms with E-state index in [1.807, 2.05) is 0 Å². The molecule has 1 aromatic carbocycles. The molecule has 0 saturated carbocycles. The summed E-state index contributed by atoms with van der Waals surface area (Å²) < 4.78 is 43.9. The monoisotopic (exact) mass is 294 g/mol. The molecular weight excluding hydrogens is 283 g/mol. The fraction of sp³-hybridized carbons (Fsp3) is 0.200. The molecule has 0 aromatic heterocycles. The molecule has 0 amide bonds. The molecule has 0 radical (unpaired) electrons. The highest BCUT2D eigenvalue weighted by Crippen LogP contribution is 2.28. The van der Waals surface area contributed by atoms with E-state index in [1.165, 1.54) is 7.11 Å². The van der Waals surface area contributed by atoms with Gasteiger partial charge in [-0.25, -0.2) is 17.5 Å². The van der Waals surface area contributed by atoms with Gasteiger partial charge >= 0.3 is 0 Å². The number of nitrogen functional groups attached to an aromatic ring is 1. The number of ether oxygens (including phenoxy) is 1. The van der Waals surface area contributed by atoms with E-state index in [-0.39, 0.29) is 27.9 Å². The first-order valence-corrected chi connectivity index (χ1v) is 6.60. The molecule has 100 valence electrons. The molecule has 1 aromatic rings. The Hall–Kier alpha value is -1.31. The molecule has 0 atom stereocenters. The SMILES string of the molecule is C=C(Cl)CNS(=O)(=O)c1cc(N)c(OC)c(F)c1. The van der Waals surface area contributed by atoms with Crippen LogP contribution in [0.25, 0.3) is 0 Å². The number of nitrogens with two attached hydrogens (primary N) is 1. The molecule has 0 saturated heterocycles. The number of sulfonamides is 1. The topological polar surface area (TPSA) is 81.4 Å². The first-order valence-electron chi connectivity index (χ1n) is 4.74. The second-order valence-electron chi connectivity index (χ2n) is 3.37. The molecule has 1 rings (SSSR count). The normalized spacial score (nSPS) is 11.3. The molecule has 0 spiro atoms. The predicted octanol–water partition coefficient (Wildman–Crippen LogP) is 1.45. The van der Waals surface area contributed by atoms with Crippen LogP contribution >= 0.6 is 11.6 Å². The molecule has 0 aliphatic rings. The number of hydrogen-bond acceptors (Lipinski definition) is 4. The minimum Gasteiger partial charge on any atom is -0.492 e. The summed E-state index contributed by atoms with van der Waals surface area (Å²) >= 11 is 5.44. The maximum absolute atomic E-state index is 13.5. The average Bonchev–Trinajstić information content (AvgIpc) is 2.26. The minimum atomic E-state index is -3.90. The standard InChI is InChI=1S/C10H12ClFN2O3S/c1-6(11)5-14-18(15,16)7-3-8(12)10(17-2)9(13)4-7/h3-4,14H,1,5,13H2,2H3. The fourth-order valence-electron chi connectivity index (χ4n) is 1.22. The van der Waals surface area contributed by atoms with Crippen LogP contribution in [0.3, 0.4) is 0 Å². The Bertz CT molecular complexity index is 551. The van der Waals surface area contributed by atoms with Crippen LogP contribution < -0.4 is 15.2 Å². The van der Waals surface area contributed by atoms with Crippen LogP contribution in [0.1, 0.15) is 0 Å². The summed E-state index contributed by atoms with van der Waals surface area (Å²) in [5.41, 5.74) is 5.38. The number of anilines is 1. The summed E-state index contributed by atoms with van der Waals surface area (Å²) in [4.78, 5) is -0.309. The van der Waals surface area contributed by atoms with E-state index in [0.29, 0.717) is 0 Å². The van der Waals surface area contributed by atoms with Crippen molar-refractivity contribution in [2.24, 2.45) is 0 Å². The molecule has 0 bridgehead atoms. The van der Waals surface area contributed by atoms with Crippen molar-refractivity contribution in [3.05, 3.63) is 29.6 Å². The number of rotatable bonds is 5. The van der Waals surface area contributed by atoms with Crippen molar-refractivity contribution in [3.8, 4) is 5.75 Å². The summed E-state index contributed by atoms with van der Waals surface area (Å²) in [6.07, 6.45) is 0. The van der Waals surface area contributed by atoms with Crippen molar-refractivity contribution in [2.75, 3.05) is 19.4 Å². The van der Waals surface area contributed by atoms with Crippen LogP contribution in [0, 0.1) is 5.82 Å². The minimum absolute atomic E-state index is 0.109. The number of methoxy groups -OCH3 is 1. The molecule has 0 unspecified atom stereocenters. The van der Waals surface area contributed by atoms with Gasteiger partial charge in [0.25, 0.3) is 0 Å². The average molecular weight is 295 g/mol. The lowest BCUT2D eigenvalue weighted by Crippen LogP contribution is -2.25. The van der Waals surface area contributed by atoms with Gasteiger partial charge in [0.15, 0.2) is 11.6 Å². The molecule has 18 heavy (non-hydrogen) atoms. The van der Waals surface area contributed by atoms with Crippen molar-refractivity contribution in [1.29, 1.82) is 0 Å². The van der Waals surface area contributed by atoms with E-state index in [4.69, 9.17) is 22.1 Å². The van der Waals surface area contributed by atoms with Gasteiger partial charge in [-0.2, -0.15) is 0 Å². The second kappa shape index (κ2) is 5.55. The van der Waals surface area contributed by atoms with Gasteiger partial charge in [0, 0.05) is 11.6 Å². The second-order valence-corrected chi connectivity index (χ2v) is 5.67. The predicted molar refractivity (Wildman–Crippen MR) is 67.5 cm³/mol. The highest BCUT2D eigenvalue weighted by molar-refractivity contribution is 7.89. The van der Waals surface area contributed by atoms with Crippen molar-refractivity contribution in [1.82, 2.24) is 4.72 Å². The first-order chi connectivity index (χ1) is 8.27. The van der Waals surface area contributed by atoms with Crippen molar-refractivity contribution >= 4 is 27.3 Å². The molecule has 0 heterocycles. The van der Waals surface area contributed by atoms with Crippen molar-refractivity contribution < 1.29 is 17.5 Å². The van der Waals surface area contributed by atoms with Crippen LogP contribution in [0.2, 0.25) is 0 Å². The molecule has 3 N–H and O–H groups in total. The van der Waals surface area contributed by atoms with E-state index >= 15 is 0 Å². The summed E-state index contributed by atoms with van der Waals surface area (Å²) in [6.45, 7) is 3.18. The van der Waals surface area contributed by atoms with Gasteiger partial charge < -0.3 is 10.5 Å². The molecule has 0 aliphatic heterocycles. The lowest BCUT2D eigenvalue weighted by atomic mass is 10.3. The Morgan fingerprint density at radius 3 is 2.67 bits per heavy atom. The van der Waals surface area contributed by atoms with Crippen molar-refractivity contribution in [3.63, 3.8) is 0 Å². The third-order valence-corrected chi connectivity index (χ3v) is 3.53. The van der Waals surface area contributed by atoms with Crippen LogP contribution in [0.4, 0.5) is 10.1 Å². The largest absolute Gasteiger partial charge is 0.492 e. The number of nitrogens with one attached hydrogen (secondary N) is 1. The zero-order valence-electron chi connectivity index (χ0n) is 9.54. The zero-order valence-corrected chi connectivity index (χ0v) is 11.1. The van der Waals surface area contributed by atoms with Crippen LogP contribution in [0.15, 0.2) is 28.6 Å². The van der Waals surface area contributed by atoms with E-state index < -0.39 is 15.8 Å². The molecular formula is C10H12ClFN2O3S. The lowest BCUT2D eigenvalue weighted by Gasteiger charge is -2.10. The van der Waals surface area contributed by atoms with E-state index in [1.54, 1.807) is 0 Å². The van der Waals surface area contributed by atoms with Gasteiger partial charge in [-0.3, -0.25) is 0 Å². The fourth-order valence-corrected chi connectivity index (χ4v) is 2.43. The number of halogens is 2. The zero-order chi connectivity index (χ0) is 13.9. The van der Waals surface area contributed by atoms with Gasteiger partial charge in [-0.1, -0.05) is 18.2 Å². The van der Waals surface area contributed by atoms with Crippen molar-refractivity contribution in [2.45, 2.75) is 4.90 Å². The van der Waals surface area contributed by atoms with E-state index in [2.05, 4.69) is 11.3 Å². The highest BCUT2D eigenvalue weighted by atomic mass is 35.5. The summed E-state index contributed by atoms with van der Waals surface area (Å²) in [6, 6.07) is 1.91. The maximum atomic E-state index is 13.5. The van der Waals surface area contributed by atoms with Crippen LogP contribution in [-0.2, 0) is 10.0 Å². The van der Waals surface area contributed by atoms with Gasteiger partial charge in [0.2, 0.25) is 10.0 Å². The molecule has 0 fully saturated rings. The first kappa shape index (κ1) is 14.7. The van der Waals surface area contributed by atoms with Gasteiger partial charge in [0.1, 0.15) is 0 Å². The Balaban J connectivity index is 3.14. The molecule has 5 nitrogen and oxygen atoms in total. The Labute approximate surface area is 109 Å². The number of hydrogen-bond donors (Lipinski definition) is 2. The lowest BCUT2D eigenvalue weighted by molar-refractivity contribution is 0.388. The van der Waals surface area contributed by atoms with Crippen LogP contribution in [-0.4, -0.2) is 22.1 Å². The third kappa shape index (κ3) is 3.34. The quantitative estimate of drug-likeness (QED) is 0.805. The highest BCUT2D eigenvalue weighted by Gasteiger charge is 2.18. The summed E-state index contributed by atoms with van der Waals surface area (Å²) in [5, 5.41) is 0.112. The Morgan fingerprint density at radius 1 is 1.61 bits per heavy atom. The number of benzene rings is 1. The summed E-state index contributed by atoms with van der Waals surface area (Å²) in [5.74, 6) is -1.06. The smallest absolute Gasteiger partial charge is 0.241 e. The third-order valence-electron chi connectivity index (χ3n) is 2.01. The van der Waals surface area contributed by atoms with Gasteiger partial charge in [-0.15, -0.1) is 0 Å². The van der Waals surface area contributed by atoms with Gasteiger partial charge in [0.05, 0.1) is 17.7 Å². The Morgan fingerprint density at radius 2 is 2.22 bits per heavy atom. The summed E-state index contributed by atoms with van der Waals surface area (Å²) in [7, 11) is -2.66. The molecule has 0 aliphatic carbocycles. The van der Waals surface area contributed by atoms with E-state index in [0.717, 1.165) is 12.1 Å². The van der Waals surface area contributed by atoms with Crippen LogP contribution in [0.5, 0.6) is 5.75 Å². The van der Waals surface area contributed by atoms with Gasteiger partial charge in [-0.05, 0) is 12.1 Å². The van der Waals surface area contributed by atoms with E-state index in [9.17, 15) is 12.8 Å².